The van der Waals surface area contributed by atoms with Gasteiger partial charge in [-0.2, -0.15) is 13.2 Å². The fourth-order valence-electron chi connectivity index (χ4n) is 2.49. The van der Waals surface area contributed by atoms with Crippen molar-refractivity contribution in [2.24, 2.45) is 5.73 Å². The molecule has 2 aromatic heterocycles. The number of carbonyl (C=O) groups excluding carboxylic acids is 1. The first-order chi connectivity index (χ1) is 15.9. The number of anilines is 1. The van der Waals surface area contributed by atoms with E-state index in [1.54, 1.807) is 12.3 Å². The van der Waals surface area contributed by atoms with Crippen LogP contribution in [-0.4, -0.2) is 32.7 Å². The molecule has 34 heavy (non-hydrogen) atoms. The lowest BCUT2D eigenvalue weighted by Gasteiger charge is -2.11. The molecule has 3 rings (SSSR count). The SMILES string of the molecule is NCc1cncc(C(=O)Nc2ccc(=O)n(Cc3ccc(F)cc3F)c2)c1.O=C(O)C(F)(F)F. The van der Waals surface area contributed by atoms with Crippen LogP contribution < -0.4 is 16.6 Å². The number of nitrogens with two attached hydrogens (primary N) is 1. The lowest BCUT2D eigenvalue weighted by Crippen LogP contribution is -2.21. The Hall–Kier alpha value is -4.13. The van der Waals surface area contributed by atoms with Gasteiger partial charge in [-0.05, 0) is 23.8 Å². The molecule has 13 heteroatoms. The predicted molar refractivity (Wildman–Crippen MR) is 110 cm³/mol. The highest BCUT2D eigenvalue weighted by molar-refractivity contribution is 6.04. The summed E-state index contributed by atoms with van der Waals surface area (Å²) >= 11 is 0. The summed E-state index contributed by atoms with van der Waals surface area (Å²) in [5.74, 6) is -4.62. The Morgan fingerprint density at radius 1 is 1.09 bits per heavy atom. The normalized spacial score (nSPS) is 10.8. The maximum Gasteiger partial charge on any atom is 0.490 e. The van der Waals surface area contributed by atoms with Gasteiger partial charge in [0.15, 0.2) is 0 Å². The third-order valence-corrected chi connectivity index (χ3v) is 4.13. The van der Waals surface area contributed by atoms with Crippen LogP contribution in [0.5, 0.6) is 0 Å². The number of carboxylic acids is 1. The summed E-state index contributed by atoms with van der Waals surface area (Å²) in [5, 5.41) is 9.78. The van der Waals surface area contributed by atoms with E-state index in [1.165, 1.54) is 35.2 Å². The lowest BCUT2D eigenvalue weighted by atomic mass is 10.2. The summed E-state index contributed by atoms with van der Waals surface area (Å²) in [4.78, 5) is 37.2. The van der Waals surface area contributed by atoms with Gasteiger partial charge in [-0.15, -0.1) is 0 Å². The molecule has 0 radical (unpaired) electrons. The molecule has 1 amide bonds. The quantitative estimate of drug-likeness (QED) is 0.478. The second-order valence-corrected chi connectivity index (χ2v) is 6.66. The second-order valence-electron chi connectivity index (χ2n) is 6.66. The monoisotopic (exact) mass is 484 g/mol. The van der Waals surface area contributed by atoms with E-state index in [4.69, 9.17) is 15.6 Å². The molecule has 0 bridgehead atoms. The van der Waals surface area contributed by atoms with Gasteiger partial charge < -0.3 is 20.7 Å². The average Bonchev–Trinajstić information content (AvgIpc) is 2.77. The van der Waals surface area contributed by atoms with E-state index < -0.39 is 29.7 Å². The molecule has 2 heterocycles. The van der Waals surface area contributed by atoms with Crippen LogP contribution in [-0.2, 0) is 17.9 Å². The molecular weight excluding hydrogens is 467 g/mol. The zero-order chi connectivity index (χ0) is 25.5. The highest BCUT2D eigenvalue weighted by atomic mass is 19.4. The number of carboxylic acid groups (broad SMARTS) is 1. The van der Waals surface area contributed by atoms with Gasteiger partial charge in [0.1, 0.15) is 11.6 Å². The zero-order valence-electron chi connectivity index (χ0n) is 17.1. The molecule has 0 saturated heterocycles. The maximum atomic E-state index is 13.8. The van der Waals surface area contributed by atoms with Crippen molar-refractivity contribution >= 4 is 17.6 Å². The first-order valence-electron chi connectivity index (χ1n) is 9.30. The van der Waals surface area contributed by atoms with Gasteiger partial charge in [-0.25, -0.2) is 13.6 Å². The Labute approximate surface area is 188 Å². The number of benzene rings is 1. The summed E-state index contributed by atoms with van der Waals surface area (Å²) in [6.07, 6.45) is -0.726. The van der Waals surface area contributed by atoms with Crippen molar-refractivity contribution in [1.29, 1.82) is 0 Å². The molecule has 8 nitrogen and oxygen atoms in total. The number of rotatable bonds is 5. The van der Waals surface area contributed by atoms with Gasteiger partial charge in [-0.1, -0.05) is 6.07 Å². The van der Waals surface area contributed by atoms with Crippen molar-refractivity contribution in [3.63, 3.8) is 0 Å². The zero-order valence-corrected chi connectivity index (χ0v) is 17.1. The summed E-state index contributed by atoms with van der Waals surface area (Å²) in [6.45, 7) is 0.154. The van der Waals surface area contributed by atoms with E-state index in [0.717, 1.165) is 12.1 Å². The van der Waals surface area contributed by atoms with Crippen LogP contribution in [0.3, 0.4) is 0 Å². The van der Waals surface area contributed by atoms with Gasteiger partial charge in [0.25, 0.3) is 11.5 Å². The maximum absolute atomic E-state index is 13.8. The van der Waals surface area contributed by atoms with Crippen LogP contribution in [0.4, 0.5) is 27.6 Å². The number of nitrogens with zero attached hydrogens (tertiary/aromatic N) is 2. The number of nitrogens with one attached hydrogen (secondary N) is 1. The van der Waals surface area contributed by atoms with Gasteiger partial charge in [0, 0.05) is 42.8 Å². The molecule has 0 unspecified atom stereocenters. The minimum absolute atomic E-state index is 0.0983. The van der Waals surface area contributed by atoms with Crippen LogP contribution in [0.2, 0.25) is 0 Å². The van der Waals surface area contributed by atoms with E-state index in [2.05, 4.69) is 10.3 Å². The Bertz CT molecular complexity index is 1240. The number of aromatic nitrogens is 2. The van der Waals surface area contributed by atoms with E-state index in [1.807, 2.05) is 0 Å². The number of hydrogen-bond acceptors (Lipinski definition) is 5. The third kappa shape index (κ3) is 7.48. The number of aliphatic carboxylic acids is 1. The molecule has 180 valence electrons. The second kappa shape index (κ2) is 11.1. The van der Waals surface area contributed by atoms with Crippen LogP contribution >= 0.6 is 0 Å². The van der Waals surface area contributed by atoms with E-state index in [9.17, 15) is 31.5 Å². The summed E-state index contributed by atoms with van der Waals surface area (Å²) in [7, 11) is 0. The fourth-order valence-corrected chi connectivity index (χ4v) is 2.49. The van der Waals surface area contributed by atoms with Gasteiger partial charge >= 0.3 is 12.1 Å². The third-order valence-electron chi connectivity index (χ3n) is 4.13. The molecule has 0 aliphatic heterocycles. The topological polar surface area (TPSA) is 127 Å². The molecule has 0 fully saturated rings. The number of amides is 1. The highest BCUT2D eigenvalue weighted by Crippen LogP contribution is 2.14. The van der Waals surface area contributed by atoms with Gasteiger partial charge in [-0.3, -0.25) is 14.6 Å². The molecule has 3 aromatic rings. The van der Waals surface area contributed by atoms with Crippen LogP contribution in [0.25, 0.3) is 0 Å². The van der Waals surface area contributed by atoms with Crippen LogP contribution in [0, 0.1) is 11.6 Å². The minimum atomic E-state index is -5.08. The number of halogens is 5. The fraction of sp³-hybridized carbons (Fsp3) is 0.143. The Balaban J connectivity index is 0.000000509. The summed E-state index contributed by atoms with van der Waals surface area (Å²) in [5.41, 5.74) is 6.68. The molecule has 0 aliphatic carbocycles. The van der Waals surface area contributed by atoms with E-state index >= 15 is 0 Å². The first kappa shape index (κ1) is 26.1. The number of hydrogen-bond donors (Lipinski definition) is 3. The molecule has 0 saturated carbocycles. The van der Waals surface area contributed by atoms with Crippen LogP contribution in [0.1, 0.15) is 21.5 Å². The van der Waals surface area contributed by atoms with Gasteiger partial charge in [0.2, 0.25) is 0 Å². The van der Waals surface area contributed by atoms with Crippen molar-refractivity contribution in [2.75, 3.05) is 5.32 Å². The number of alkyl halides is 3. The van der Waals surface area contributed by atoms with E-state index in [0.29, 0.717) is 16.8 Å². The highest BCUT2D eigenvalue weighted by Gasteiger charge is 2.38. The average molecular weight is 484 g/mol. The Morgan fingerprint density at radius 2 is 1.76 bits per heavy atom. The smallest absolute Gasteiger partial charge is 0.475 e. The summed E-state index contributed by atoms with van der Waals surface area (Å²) in [6, 6.07) is 7.46. The Kier molecular flexibility index (Phi) is 8.56. The number of pyridine rings is 2. The summed E-state index contributed by atoms with van der Waals surface area (Å²) < 4.78 is 59.8. The van der Waals surface area contributed by atoms with Gasteiger partial charge in [0.05, 0.1) is 17.8 Å². The van der Waals surface area contributed by atoms with Crippen molar-refractivity contribution in [2.45, 2.75) is 19.3 Å². The van der Waals surface area contributed by atoms with Crippen molar-refractivity contribution in [3.8, 4) is 0 Å². The molecule has 0 aliphatic rings. The van der Waals surface area contributed by atoms with Crippen molar-refractivity contribution in [3.05, 3.63) is 93.7 Å². The minimum Gasteiger partial charge on any atom is -0.475 e. The molecule has 0 spiro atoms. The number of carbonyl (C=O) groups is 2. The van der Waals surface area contributed by atoms with Crippen LogP contribution in [0.15, 0.2) is 59.8 Å². The standard InChI is InChI=1S/C19H16F2N4O2.C2HF3O2/c20-15-2-1-13(17(21)6-15)10-25-11-16(3-4-18(25)26)24-19(27)14-5-12(7-22)8-23-9-14;3-2(4,5)1(6)7/h1-6,8-9,11H,7,10,22H2,(H,24,27);(H,6,7). The first-order valence-corrected chi connectivity index (χ1v) is 9.30. The van der Waals surface area contributed by atoms with Crippen molar-refractivity contribution in [1.82, 2.24) is 9.55 Å². The van der Waals surface area contributed by atoms with E-state index in [-0.39, 0.29) is 24.2 Å². The Morgan fingerprint density at radius 3 is 2.35 bits per heavy atom. The molecule has 1 aromatic carbocycles. The lowest BCUT2D eigenvalue weighted by molar-refractivity contribution is -0.192. The van der Waals surface area contributed by atoms with Crippen molar-refractivity contribution < 1.29 is 36.6 Å². The molecular formula is C21H17F5N4O4. The molecule has 0 atom stereocenters. The molecule has 4 N–H and O–H groups in total. The largest absolute Gasteiger partial charge is 0.490 e. The predicted octanol–water partition coefficient (Wildman–Crippen LogP) is 2.91.